The normalized spacial score (nSPS) is 11.9. The maximum Gasteiger partial charge on any atom is 0.271 e. The molecule has 1 heterocycles. The van der Waals surface area contributed by atoms with E-state index in [1.54, 1.807) is 24.4 Å². The van der Waals surface area contributed by atoms with Crippen molar-refractivity contribution < 1.29 is 14.3 Å². The first-order chi connectivity index (χ1) is 12.1. The molecule has 0 bridgehead atoms. The van der Waals surface area contributed by atoms with Gasteiger partial charge in [-0.3, -0.25) is 4.79 Å². The molecule has 0 radical (unpaired) electrons. The van der Waals surface area contributed by atoms with Gasteiger partial charge in [0.1, 0.15) is 5.82 Å². The Morgan fingerprint density at radius 2 is 1.96 bits per heavy atom. The molecular weight excluding hydrogens is 321 g/mol. The molecule has 3 rings (SSSR count). The standard InChI is InChI=1S/C19H18FN3O2/c20-15-7-4-8-16(12-15)23-10-9-18(22-23)19(25)21-13-17(24)11-14-5-2-1-3-6-14/h1-10,12,17,24H,11,13H2,(H,21,25). The number of aliphatic hydroxyl groups is 1. The van der Waals surface area contributed by atoms with Crippen LogP contribution < -0.4 is 5.32 Å². The fraction of sp³-hybridized carbons (Fsp3) is 0.158. The van der Waals surface area contributed by atoms with E-state index in [1.807, 2.05) is 30.3 Å². The van der Waals surface area contributed by atoms with Crippen LogP contribution in [0.15, 0.2) is 66.9 Å². The van der Waals surface area contributed by atoms with Crippen molar-refractivity contribution in [1.82, 2.24) is 15.1 Å². The van der Waals surface area contributed by atoms with E-state index in [1.165, 1.54) is 16.8 Å². The third-order valence-electron chi connectivity index (χ3n) is 3.71. The van der Waals surface area contributed by atoms with Crippen LogP contribution in [0.3, 0.4) is 0 Å². The van der Waals surface area contributed by atoms with Gasteiger partial charge < -0.3 is 10.4 Å². The van der Waals surface area contributed by atoms with E-state index in [4.69, 9.17) is 0 Å². The lowest BCUT2D eigenvalue weighted by Crippen LogP contribution is -2.33. The van der Waals surface area contributed by atoms with Crippen LogP contribution in [-0.2, 0) is 6.42 Å². The maximum absolute atomic E-state index is 13.3. The number of aromatic nitrogens is 2. The summed E-state index contributed by atoms with van der Waals surface area (Å²) in [7, 11) is 0. The zero-order chi connectivity index (χ0) is 17.6. The quantitative estimate of drug-likeness (QED) is 0.724. The predicted molar refractivity (Wildman–Crippen MR) is 92.0 cm³/mol. The highest BCUT2D eigenvalue weighted by Gasteiger charge is 2.13. The molecule has 2 N–H and O–H groups in total. The number of hydrogen-bond donors (Lipinski definition) is 2. The minimum atomic E-state index is -0.684. The monoisotopic (exact) mass is 339 g/mol. The van der Waals surface area contributed by atoms with Crippen LogP contribution in [0.4, 0.5) is 4.39 Å². The van der Waals surface area contributed by atoms with Crippen LogP contribution in [0, 0.1) is 5.82 Å². The highest BCUT2D eigenvalue weighted by Crippen LogP contribution is 2.09. The Labute approximate surface area is 144 Å². The zero-order valence-electron chi connectivity index (χ0n) is 13.5. The van der Waals surface area contributed by atoms with Crippen molar-refractivity contribution in [2.24, 2.45) is 0 Å². The van der Waals surface area contributed by atoms with E-state index in [2.05, 4.69) is 10.4 Å². The molecular formula is C19H18FN3O2. The van der Waals surface area contributed by atoms with E-state index < -0.39 is 6.10 Å². The van der Waals surface area contributed by atoms with Crippen molar-refractivity contribution in [2.75, 3.05) is 6.54 Å². The van der Waals surface area contributed by atoms with Crippen molar-refractivity contribution in [3.63, 3.8) is 0 Å². The summed E-state index contributed by atoms with van der Waals surface area (Å²) in [4.78, 5) is 12.1. The number of halogens is 1. The van der Waals surface area contributed by atoms with Gasteiger partial charge in [0.25, 0.3) is 5.91 Å². The molecule has 0 aliphatic rings. The minimum absolute atomic E-state index is 0.126. The average molecular weight is 339 g/mol. The largest absolute Gasteiger partial charge is 0.391 e. The number of amides is 1. The van der Waals surface area contributed by atoms with Crippen molar-refractivity contribution in [3.8, 4) is 5.69 Å². The molecule has 1 unspecified atom stereocenters. The van der Waals surface area contributed by atoms with Gasteiger partial charge in [-0.25, -0.2) is 9.07 Å². The van der Waals surface area contributed by atoms with E-state index in [0.717, 1.165) is 5.56 Å². The lowest BCUT2D eigenvalue weighted by atomic mass is 10.1. The summed E-state index contributed by atoms with van der Waals surface area (Å²) in [5, 5.41) is 16.8. The number of nitrogens with zero attached hydrogens (tertiary/aromatic N) is 2. The van der Waals surface area contributed by atoms with Crippen molar-refractivity contribution >= 4 is 5.91 Å². The molecule has 2 aromatic carbocycles. The summed E-state index contributed by atoms with van der Waals surface area (Å²) in [5.74, 6) is -0.759. The SMILES string of the molecule is O=C(NCC(O)Cc1ccccc1)c1ccn(-c2cccc(F)c2)n1. The van der Waals surface area contributed by atoms with Crippen LogP contribution in [0.25, 0.3) is 5.69 Å². The predicted octanol–water partition coefficient (Wildman–Crippen LogP) is 2.34. The Morgan fingerprint density at radius 3 is 2.72 bits per heavy atom. The third kappa shape index (κ3) is 4.51. The van der Waals surface area contributed by atoms with E-state index >= 15 is 0 Å². The second-order valence-electron chi connectivity index (χ2n) is 5.68. The summed E-state index contributed by atoms with van der Waals surface area (Å²) in [6.45, 7) is 0.126. The highest BCUT2D eigenvalue weighted by atomic mass is 19.1. The minimum Gasteiger partial charge on any atom is -0.391 e. The van der Waals surface area contributed by atoms with Gasteiger partial charge in [0.15, 0.2) is 5.69 Å². The molecule has 3 aromatic rings. The maximum atomic E-state index is 13.3. The molecule has 6 heteroatoms. The molecule has 25 heavy (non-hydrogen) atoms. The number of rotatable bonds is 6. The molecule has 1 amide bonds. The summed E-state index contributed by atoms with van der Waals surface area (Å²) in [5.41, 5.74) is 1.74. The smallest absolute Gasteiger partial charge is 0.271 e. The van der Waals surface area contributed by atoms with Gasteiger partial charge in [-0.15, -0.1) is 0 Å². The van der Waals surface area contributed by atoms with Crippen LogP contribution >= 0.6 is 0 Å². The molecule has 0 fully saturated rings. The summed E-state index contributed by atoms with van der Waals surface area (Å²) in [6.07, 6.45) is 1.36. The van der Waals surface area contributed by atoms with E-state index in [0.29, 0.717) is 12.1 Å². The van der Waals surface area contributed by atoms with Crippen LogP contribution in [-0.4, -0.2) is 33.4 Å². The summed E-state index contributed by atoms with van der Waals surface area (Å²) >= 11 is 0. The lowest BCUT2D eigenvalue weighted by molar-refractivity contribution is 0.0910. The Morgan fingerprint density at radius 1 is 1.16 bits per heavy atom. The van der Waals surface area contributed by atoms with Crippen molar-refractivity contribution in [3.05, 3.63) is 83.9 Å². The number of carbonyl (C=O) groups is 1. The van der Waals surface area contributed by atoms with Gasteiger partial charge in [0, 0.05) is 19.2 Å². The Bertz CT molecular complexity index is 849. The van der Waals surface area contributed by atoms with Gasteiger partial charge >= 0.3 is 0 Å². The number of benzene rings is 2. The highest BCUT2D eigenvalue weighted by molar-refractivity contribution is 5.92. The first-order valence-electron chi connectivity index (χ1n) is 7.93. The summed E-state index contributed by atoms with van der Waals surface area (Å²) < 4.78 is 14.7. The van der Waals surface area contributed by atoms with Gasteiger partial charge in [-0.2, -0.15) is 5.10 Å². The number of carbonyl (C=O) groups excluding carboxylic acids is 1. The first-order valence-corrected chi connectivity index (χ1v) is 7.93. The first kappa shape index (κ1) is 16.9. The van der Waals surface area contributed by atoms with Gasteiger partial charge in [-0.1, -0.05) is 36.4 Å². The number of nitrogens with one attached hydrogen (secondary N) is 1. The van der Waals surface area contributed by atoms with Crippen LogP contribution in [0.2, 0.25) is 0 Å². The lowest BCUT2D eigenvalue weighted by Gasteiger charge is -2.11. The Kier molecular flexibility index (Phi) is 5.20. The van der Waals surface area contributed by atoms with Crippen molar-refractivity contribution in [1.29, 1.82) is 0 Å². The van der Waals surface area contributed by atoms with Crippen LogP contribution in [0.1, 0.15) is 16.1 Å². The fourth-order valence-corrected chi connectivity index (χ4v) is 2.47. The Balaban J connectivity index is 1.57. The molecule has 0 aliphatic carbocycles. The Hall–Kier alpha value is -2.99. The van der Waals surface area contributed by atoms with Crippen LogP contribution in [0.5, 0.6) is 0 Å². The number of aliphatic hydroxyl groups excluding tert-OH is 1. The fourth-order valence-electron chi connectivity index (χ4n) is 2.47. The topological polar surface area (TPSA) is 67.2 Å². The molecule has 128 valence electrons. The molecule has 0 spiro atoms. The van der Waals surface area contributed by atoms with Gasteiger partial charge in [-0.05, 0) is 29.8 Å². The van der Waals surface area contributed by atoms with Gasteiger partial charge in [0.05, 0.1) is 11.8 Å². The second-order valence-corrected chi connectivity index (χ2v) is 5.68. The second kappa shape index (κ2) is 7.72. The molecule has 0 aliphatic heterocycles. The van der Waals surface area contributed by atoms with Gasteiger partial charge in [0.2, 0.25) is 0 Å². The molecule has 0 saturated heterocycles. The molecule has 0 saturated carbocycles. The zero-order valence-corrected chi connectivity index (χ0v) is 13.5. The number of hydrogen-bond acceptors (Lipinski definition) is 3. The van der Waals surface area contributed by atoms with E-state index in [9.17, 15) is 14.3 Å². The average Bonchev–Trinajstić information content (AvgIpc) is 3.11. The molecule has 1 aromatic heterocycles. The molecule has 1 atom stereocenters. The molecule has 5 nitrogen and oxygen atoms in total. The van der Waals surface area contributed by atoms with E-state index in [-0.39, 0.29) is 24.0 Å². The van der Waals surface area contributed by atoms with Crippen molar-refractivity contribution in [2.45, 2.75) is 12.5 Å². The summed E-state index contributed by atoms with van der Waals surface area (Å²) in [6, 6.07) is 17.0. The third-order valence-corrected chi connectivity index (χ3v) is 3.71.